The fourth-order valence-corrected chi connectivity index (χ4v) is 4.56. The predicted octanol–water partition coefficient (Wildman–Crippen LogP) is 6.98. The molecule has 0 aromatic heterocycles. The Bertz CT molecular complexity index is 1680. The first-order chi connectivity index (χ1) is 19.1. The highest BCUT2D eigenvalue weighted by molar-refractivity contribution is 6.34. The van der Waals surface area contributed by atoms with Crippen LogP contribution in [0.1, 0.15) is 59.5 Å². The summed E-state index contributed by atoms with van der Waals surface area (Å²) in [5, 5.41) is 0.388. The van der Waals surface area contributed by atoms with Gasteiger partial charge in [-0.1, -0.05) is 35.9 Å². The molecule has 5 rings (SSSR count). The van der Waals surface area contributed by atoms with Gasteiger partial charge in [0.15, 0.2) is 6.10 Å². The first-order valence-corrected chi connectivity index (χ1v) is 12.9. The number of aryl methyl sites for hydroxylation is 2. The van der Waals surface area contributed by atoms with Crippen LogP contribution >= 0.6 is 11.6 Å². The topological polar surface area (TPSA) is 90.0 Å². The average Bonchev–Trinajstić information content (AvgIpc) is 3.19. The molecule has 0 radical (unpaired) electrons. The summed E-state index contributed by atoms with van der Waals surface area (Å²) in [6, 6.07) is 23.0. The Kier molecular flexibility index (Phi) is 7.24. The molecule has 1 aliphatic rings. The van der Waals surface area contributed by atoms with Crippen molar-refractivity contribution < 1.29 is 28.7 Å². The van der Waals surface area contributed by atoms with E-state index < -0.39 is 29.7 Å². The summed E-state index contributed by atoms with van der Waals surface area (Å²) in [6.45, 7) is 5.38. The number of hydrogen-bond donors (Lipinski definition) is 0. The number of halogens is 1. The van der Waals surface area contributed by atoms with E-state index in [-0.39, 0.29) is 16.7 Å². The Hall–Kier alpha value is -4.75. The van der Waals surface area contributed by atoms with Crippen LogP contribution in [0.2, 0.25) is 5.02 Å². The zero-order valence-corrected chi connectivity index (χ0v) is 22.7. The van der Waals surface area contributed by atoms with E-state index in [1.54, 1.807) is 42.5 Å². The lowest BCUT2D eigenvalue weighted by atomic mass is 10.1. The first-order valence-electron chi connectivity index (χ1n) is 12.5. The maximum absolute atomic E-state index is 13.2. The minimum absolute atomic E-state index is 0.0461. The summed E-state index contributed by atoms with van der Waals surface area (Å²) in [5.41, 5.74) is 3.00. The van der Waals surface area contributed by atoms with Crippen LogP contribution in [0, 0.1) is 13.8 Å². The molecule has 1 aliphatic heterocycles. The van der Waals surface area contributed by atoms with Crippen LogP contribution in [0.3, 0.4) is 0 Å². The number of ether oxygens (including phenoxy) is 2. The zero-order valence-electron chi connectivity index (χ0n) is 21.9. The molecule has 2 amide bonds. The molecule has 0 aliphatic carbocycles. The molecule has 1 atom stereocenters. The summed E-state index contributed by atoms with van der Waals surface area (Å²) in [4.78, 5) is 52.9. The number of fused-ring (bicyclic) bond motifs is 1. The van der Waals surface area contributed by atoms with Crippen molar-refractivity contribution in [1.29, 1.82) is 0 Å². The number of imide groups is 1. The molecule has 200 valence electrons. The van der Waals surface area contributed by atoms with E-state index in [0.717, 1.165) is 21.8 Å². The van der Waals surface area contributed by atoms with E-state index in [0.29, 0.717) is 22.0 Å². The summed E-state index contributed by atoms with van der Waals surface area (Å²) in [6.07, 6.45) is -1.09. The summed E-state index contributed by atoms with van der Waals surface area (Å²) >= 11 is 5.95. The number of hydrogen-bond acceptors (Lipinski definition) is 6. The monoisotopic (exact) mass is 553 g/mol. The Morgan fingerprint density at radius 1 is 0.800 bits per heavy atom. The third kappa shape index (κ3) is 5.24. The quantitative estimate of drug-likeness (QED) is 0.139. The van der Waals surface area contributed by atoms with Crippen LogP contribution in [0.25, 0.3) is 0 Å². The molecule has 0 saturated carbocycles. The zero-order chi connectivity index (χ0) is 28.6. The molecule has 4 aromatic carbocycles. The smallest absolute Gasteiger partial charge is 0.338 e. The number of rotatable bonds is 7. The number of Topliss-reactive ketones (excluding diaryl/α,β-unsaturated/α-hetero) is 1. The Labute approximate surface area is 235 Å². The van der Waals surface area contributed by atoms with Gasteiger partial charge in [0, 0.05) is 10.6 Å². The molecule has 8 heteroatoms. The molecule has 1 unspecified atom stereocenters. The van der Waals surface area contributed by atoms with E-state index in [4.69, 9.17) is 21.1 Å². The second kappa shape index (κ2) is 10.8. The molecule has 7 nitrogen and oxygen atoms in total. The minimum Gasteiger partial charge on any atom is -0.457 e. The number of carbonyl (C=O) groups excluding carboxylic acids is 4. The number of anilines is 1. The van der Waals surface area contributed by atoms with Crippen LogP contribution in [0.15, 0.2) is 84.9 Å². The van der Waals surface area contributed by atoms with E-state index in [1.165, 1.54) is 31.2 Å². The van der Waals surface area contributed by atoms with Gasteiger partial charge >= 0.3 is 5.97 Å². The molecule has 0 saturated heterocycles. The highest BCUT2D eigenvalue weighted by atomic mass is 35.5. The van der Waals surface area contributed by atoms with Gasteiger partial charge in [0.25, 0.3) is 11.8 Å². The molecule has 40 heavy (non-hydrogen) atoms. The van der Waals surface area contributed by atoms with Gasteiger partial charge in [-0.2, -0.15) is 0 Å². The lowest BCUT2D eigenvalue weighted by molar-refractivity contribution is 0.0318. The number of amides is 2. The Morgan fingerprint density at radius 3 is 2.25 bits per heavy atom. The van der Waals surface area contributed by atoms with Crippen molar-refractivity contribution in [2.45, 2.75) is 26.9 Å². The number of ketones is 1. The van der Waals surface area contributed by atoms with E-state index in [1.807, 2.05) is 32.0 Å². The van der Waals surface area contributed by atoms with Crippen molar-refractivity contribution in [3.8, 4) is 11.5 Å². The standard InChI is InChI=1S/C32H24ClNO6/c1-18-7-8-19(2)28(15-18)40-25-12-10-24(11-13-25)34-30(36)26-14-9-22(17-27(26)31(34)37)32(38)39-20(3)29(35)21-5-4-6-23(33)16-21/h4-17,20H,1-3H3. The lowest BCUT2D eigenvalue weighted by Gasteiger charge is -2.15. The Morgan fingerprint density at radius 2 is 1.52 bits per heavy atom. The van der Waals surface area contributed by atoms with Gasteiger partial charge in [-0.15, -0.1) is 0 Å². The van der Waals surface area contributed by atoms with Crippen LogP contribution in [-0.2, 0) is 4.74 Å². The minimum atomic E-state index is -1.09. The third-order valence-electron chi connectivity index (χ3n) is 6.55. The van der Waals surface area contributed by atoms with E-state index in [2.05, 4.69) is 0 Å². The largest absolute Gasteiger partial charge is 0.457 e. The number of esters is 1. The molecular weight excluding hydrogens is 530 g/mol. The highest BCUT2D eigenvalue weighted by Gasteiger charge is 2.37. The molecule has 0 spiro atoms. The maximum atomic E-state index is 13.2. The molecule has 0 bridgehead atoms. The fourth-order valence-electron chi connectivity index (χ4n) is 4.37. The third-order valence-corrected chi connectivity index (χ3v) is 6.79. The number of nitrogens with zero attached hydrogens (tertiary/aromatic N) is 1. The SMILES string of the molecule is Cc1ccc(C)c(Oc2ccc(N3C(=O)c4ccc(C(=O)OC(C)C(=O)c5cccc(Cl)c5)cc4C3=O)cc2)c1. The summed E-state index contributed by atoms with van der Waals surface area (Å²) in [7, 11) is 0. The Balaban J connectivity index is 1.31. The molecule has 0 fully saturated rings. The van der Waals surface area contributed by atoms with Crippen LogP contribution in [0.5, 0.6) is 11.5 Å². The van der Waals surface area contributed by atoms with Crippen molar-refractivity contribution in [2.75, 3.05) is 4.90 Å². The molecule has 1 heterocycles. The highest BCUT2D eigenvalue weighted by Crippen LogP contribution is 2.32. The van der Waals surface area contributed by atoms with Crippen molar-refractivity contribution in [3.05, 3.63) is 123 Å². The van der Waals surface area contributed by atoms with Gasteiger partial charge < -0.3 is 9.47 Å². The number of carbonyl (C=O) groups is 4. The maximum Gasteiger partial charge on any atom is 0.338 e. The van der Waals surface area contributed by atoms with Gasteiger partial charge in [-0.25, -0.2) is 9.69 Å². The molecule has 4 aromatic rings. The fraction of sp³-hybridized carbons (Fsp3) is 0.125. The van der Waals surface area contributed by atoms with Crippen LogP contribution in [-0.4, -0.2) is 29.7 Å². The van der Waals surface area contributed by atoms with Gasteiger partial charge in [-0.3, -0.25) is 14.4 Å². The second-order valence-electron chi connectivity index (χ2n) is 9.49. The lowest BCUT2D eigenvalue weighted by Crippen LogP contribution is -2.29. The summed E-state index contributed by atoms with van der Waals surface area (Å²) in [5.74, 6) is -1.01. The number of benzene rings is 4. The van der Waals surface area contributed by atoms with E-state index in [9.17, 15) is 19.2 Å². The van der Waals surface area contributed by atoms with Crippen molar-refractivity contribution >= 4 is 40.9 Å². The van der Waals surface area contributed by atoms with Crippen molar-refractivity contribution in [2.24, 2.45) is 0 Å². The van der Waals surface area contributed by atoms with Gasteiger partial charge in [0.1, 0.15) is 11.5 Å². The van der Waals surface area contributed by atoms with Gasteiger partial charge in [0.05, 0.1) is 22.4 Å². The second-order valence-corrected chi connectivity index (χ2v) is 9.93. The van der Waals surface area contributed by atoms with Crippen molar-refractivity contribution in [1.82, 2.24) is 0 Å². The van der Waals surface area contributed by atoms with Gasteiger partial charge in [0.2, 0.25) is 5.78 Å². The average molecular weight is 554 g/mol. The van der Waals surface area contributed by atoms with Crippen LogP contribution < -0.4 is 9.64 Å². The van der Waals surface area contributed by atoms with Gasteiger partial charge in [-0.05, 0) is 92.6 Å². The van der Waals surface area contributed by atoms with Crippen molar-refractivity contribution in [3.63, 3.8) is 0 Å². The normalized spacial score (nSPS) is 13.2. The first kappa shape index (κ1) is 26.8. The molecule has 0 N–H and O–H groups in total. The molecular formula is C32H24ClNO6. The van der Waals surface area contributed by atoms with Crippen LogP contribution in [0.4, 0.5) is 5.69 Å². The summed E-state index contributed by atoms with van der Waals surface area (Å²) < 4.78 is 11.3. The predicted molar refractivity (Wildman–Crippen MR) is 151 cm³/mol. The van der Waals surface area contributed by atoms with E-state index >= 15 is 0 Å².